The fraction of sp³-hybridized carbons (Fsp3) is 0.269. The Morgan fingerprint density at radius 1 is 0.871 bits per heavy atom. The third kappa shape index (κ3) is 4.28. The average molecular weight is 415 g/mol. The van der Waals surface area contributed by atoms with E-state index in [4.69, 9.17) is 14.2 Å². The van der Waals surface area contributed by atoms with E-state index in [2.05, 4.69) is 36.4 Å². The van der Waals surface area contributed by atoms with Crippen molar-refractivity contribution in [3.63, 3.8) is 0 Å². The third-order valence-electron chi connectivity index (χ3n) is 5.79. The minimum atomic E-state index is -0.363. The van der Waals surface area contributed by atoms with Gasteiger partial charge in [-0.1, -0.05) is 66.7 Å². The lowest BCUT2D eigenvalue weighted by molar-refractivity contribution is -0.142. The average Bonchev–Trinajstić information content (AvgIpc) is 3.52. The molecule has 5 rings (SSSR count). The van der Waals surface area contributed by atoms with Crippen molar-refractivity contribution in [1.82, 2.24) is 4.90 Å². The Morgan fingerprint density at radius 3 is 2.45 bits per heavy atom. The summed E-state index contributed by atoms with van der Waals surface area (Å²) in [5.74, 6) is 1.49. The number of hydrogen-bond acceptors (Lipinski definition) is 4. The van der Waals surface area contributed by atoms with Gasteiger partial charge in [0.15, 0.2) is 11.5 Å². The van der Waals surface area contributed by atoms with E-state index < -0.39 is 0 Å². The summed E-state index contributed by atoms with van der Waals surface area (Å²) >= 11 is 0. The SMILES string of the molecule is O=C([C@H]1CCCO1)N(Cc1ccc(-c2ccccc2)cc1)Cc1cccc2c1OCO2. The van der Waals surface area contributed by atoms with Gasteiger partial charge in [0.25, 0.3) is 5.91 Å². The highest BCUT2D eigenvalue weighted by molar-refractivity contribution is 5.81. The molecular formula is C26H25NO4. The van der Waals surface area contributed by atoms with Crippen molar-refractivity contribution in [3.8, 4) is 22.6 Å². The van der Waals surface area contributed by atoms with Crippen LogP contribution in [0.25, 0.3) is 11.1 Å². The van der Waals surface area contributed by atoms with Crippen LogP contribution in [0.2, 0.25) is 0 Å². The summed E-state index contributed by atoms with van der Waals surface area (Å²) < 4.78 is 16.9. The largest absolute Gasteiger partial charge is 0.454 e. The molecule has 0 bridgehead atoms. The van der Waals surface area contributed by atoms with Gasteiger partial charge in [-0.25, -0.2) is 0 Å². The summed E-state index contributed by atoms with van der Waals surface area (Å²) in [7, 11) is 0. The Balaban J connectivity index is 1.38. The number of hydrogen-bond donors (Lipinski definition) is 0. The van der Waals surface area contributed by atoms with E-state index in [1.54, 1.807) is 0 Å². The van der Waals surface area contributed by atoms with Gasteiger partial charge in [0, 0.05) is 25.3 Å². The number of para-hydroxylation sites is 1. The second-order valence-electron chi connectivity index (χ2n) is 7.91. The monoisotopic (exact) mass is 415 g/mol. The first-order valence-electron chi connectivity index (χ1n) is 10.7. The van der Waals surface area contributed by atoms with Crippen LogP contribution in [-0.4, -0.2) is 30.3 Å². The van der Waals surface area contributed by atoms with Crippen molar-refractivity contribution in [2.75, 3.05) is 13.4 Å². The summed E-state index contributed by atoms with van der Waals surface area (Å²) in [6.45, 7) is 1.82. The molecule has 0 saturated carbocycles. The van der Waals surface area contributed by atoms with Crippen LogP contribution < -0.4 is 9.47 Å². The van der Waals surface area contributed by atoms with Gasteiger partial charge in [0.1, 0.15) is 6.10 Å². The summed E-state index contributed by atoms with van der Waals surface area (Å²) in [4.78, 5) is 15.1. The Kier molecular flexibility index (Phi) is 5.59. The van der Waals surface area contributed by atoms with Crippen LogP contribution in [-0.2, 0) is 22.6 Å². The standard InChI is InChI=1S/C26H25NO4/c28-26(24-10-5-15-29-24)27(17-22-8-4-9-23-25(22)31-18-30-23)16-19-11-13-21(14-12-19)20-6-2-1-3-7-20/h1-4,6-9,11-14,24H,5,10,15-18H2/t24-/m1/s1. The maximum absolute atomic E-state index is 13.3. The van der Waals surface area contributed by atoms with Crippen LogP contribution in [0.3, 0.4) is 0 Å². The number of amides is 1. The molecule has 0 aromatic heterocycles. The first-order chi connectivity index (χ1) is 15.3. The number of carbonyl (C=O) groups excluding carboxylic acids is 1. The van der Waals surface area contributed by atoms with Crippen molar-refractivity contribution >= 4 is 5.91 Å². The normalized spacial score (nSPS) is 17.0. The second-order valence-corrected chi connectivity index (χ2v) is 7.91. The summed E-state index contributed by atoms with van der Waals surface area (Å²) in [6.07, 6.45) is 1.33. The number of benzene rings is 3. The molecule has 1 saturated heterocycles. The van der Waals surface area contributed by atoms with E-state index in [1.807, 2.05) is 41.3 Å². The second kappa shape index (κ2) is 8.82. The van der Waals surface area contributed by atoms with E-state index in [-0.39, 0.29) is 18.8 Å². The highest BCUT2D eigenvalue weighted by Gasteiger charge is 2.30. The highest BCUT2D eigenvalue weighted by Crippen LogP contribution is 2.36. The smallest absolute Gasteiger partial charge is 0.252 e. The van der Waals surface area contributed by atoms with E-state index in [9.17, 15) is 4.79 Å². The fourth-order valence-electron chi connectivity index (χ4n) is 4.16. The minimum Gasteiger partial charge on any atom is -0.454 e. The quantitative estimate of drug-likeness (QED) is 0.581. The number of nitrogens with zero attached hydrogens (tertiary/aromatic N) is 1. The summed E-state index contributed by atoms with van der Waals surface area (Å²) in [5, 5.41) is 0. The molecule has 2 aliphatic heterocycles. The zero-order valence-corrected chi connectivity index (χ0v) is 17.3. The summed E-state index contributed by atoms with van der Waals surface area (Å²) in [6, 6.07) is 24.5. The topological polar surface area (TPSA) is 48.0 Å². The first-order valence-corrected chi connectivity index (χ1v) is 10.7. The Hall–Kier alpha value is -3.31. The van der Waals surface area contributed by atoms with Gasteiger partial charge < -0.3 is 19.1 Å². The van der Waals surface area contributed by atoms with Crippen LogP contribution in [0.4, 0.5) is 0 Å². The Bertz CT molecular complexity index is 1040. The van der Waals surface area contributed by atoms with E-state index in [1.165, 1.54) is 5.56 Å². The van der Waals surface area contributed by atoms with Gasteiger partial charge in [0.05, 0.1) is 0 Å². The summed E-state index contributed by atoms with van der Waals surface area (Å²) in [5.41, 5.74) is 4.36. The van der Waals surface area contributed by atoms with Crippen molar-refractivity contribution in [2.24, 2.45) is 0 Å². The number of carbonyl (C=O) groups is 1. The first kappa shape index (κ1) is 19.6. The molecule has 0 spiro atoms. The molecule has 1 fully saturated rings. The molecular weight excluding hydrogens is 390 g/mol. The molecule has 2 heterocycles. The maximum Gasteiger partial charge on any atom is 0.252 e. The lowest BCUT2D eigenvalue weighted by atomic mass is 10.0. The zero-order valence-electron chi connectivity index (χ0n) is 17.3. The van der Waals surface area contributed by atoms with E-state index in [0.717, 1.165) is 41.0 Å². The van der Waals surface area contributed by atoms with Gasteiger partial charge >= 0.3 is 0 Å². The molecule has 5 heteroatoms. The van der Waals surface area contributed by atoms with E-state index in [0.29, 0.717) is 19.7 Å². The molecule has 3 aromatic carbocycles. The molecule has 1 atom stereocenters. The number of ether oxygens (including phenoxy) is 3. The lowest BCUT2D eigenvalue weighted by Crippen LogP contribution is -2.38. The third-order valence-corrected chi connectivity index (χ3v) is 5.79. The molecule has 158 valence electrons. The van der Waals surface area contributed by atoms with Gasteiger partial charge in [0.2, 0.25) is 6.79 Å². The van der Waals surface area contributed by atoms with Crippen LogP contribution in [0, 0.1) is 0 Å². The predicted molar refractivity (Wildman–Crippen MR) is 118 cm³/mol. The van der Waals surface area contributed by atoms with Crippen LogP contribution in [0.15, 0.2) is 72.8 Å². The molecule has 1 amide bonds. The molecule has 2 aliphatic rings. The van der Waals surface area contributed by atoms with Crippen molar-refractivity contribution in [3.05, 3.63) is 83.9 Å². The number of rotatable bonds is 6. The molecule has 5 nitrogen and oxygen atoms in total. The van der Waals surface area contributed by atoms with E-state index >= 15 is 0 Å². The molecule has 0 N–H and O–H groups in total. The van der Waals surface area contributed by atoms with Crippen molar-refractivity contribution < 1.29 is 19.0 Å². The maximum atomic E-state index is 13.3. The predicted octanol–water partition coefficient (Wildman–Crippen LogP) is 4.79. The minimum absolute atomic E-state index is 0.0288. The van der Waals surface area contributed by atoms with Gasteiger partial charge in [-0.3, -0.25) is 4.79 Å². The van der Waals surface area contributed by atoms with Crippen LogP contribution >= 0.6 is 0 Å². The molecule has 0 radical (unpaired) electrons. The fourth-order valence-corrected chi connectivity index (χ4v) is 4.16. The van der Waals surface area contributed by atoms with Gasteiger partial charge in [-0.05, 0) is 35.6 Å². The Labute approximate surface area is 182 Å². The van der Waals surface area contributed by atoms with Gasteiger partial charge in [-0.15, -0.1) is 0 Å². The van der Waals surface area contributed by atoms with Crippen LogP contribution in [0.1, 0.15) is 24.0 Å². The van der Waals surface area contributed by atoms with Crippen molar-refractivity contribution in [2.45, 2.75) is 32.0 Å². The van der Waals surface area contributed by atoms with Gasteiger partial charge in [-0.2, -0.15) is 0 Å². The molecule has 0 unspecified atom stereocenters. The van der Waals surface area contributed by atoms with Crippen molar-refractivity contribution in [1.29, 1.82) is 0 Å². The lowest BCUT2D eigenvalue weighted by Gasteiger charge is -2.26. The Morgan fingerprint density at radius 2 is 1.68 bits per heavy atom. The number of fused-ring (bicyclic) bond motifs is 1. The molecule has 3 aromatic rings. The highest BCUT2D eigenvalue weighted by atomic mass is 16.7. The molecule has 0 aliphatic carbocycles. The molecule has 31 heavy (non-hydrogen) atoms. The van der Waals surface area contributed by atoms with Crippen LogP contribution in [0.5, 0.6) is 11.5 Å². The zero-order chi connectivity index (χ0) is 21.0.